The van der Waals surface area contributed by atoms with Gasteiger partial charge in [-0.2, -0.15) is 0 Å². The highest BCUT2D eigenvalue weighted by Gasteiger charge is 2.18. The van der Waals surface area contributed by atoms with Crippen LogP contribution < -0.4 is 4.74 Å². The lowest BCUT2D eigenvalue weighted by Gasteiger charge is -2.07. The van der Waals surface area contributed by atoms with Crippen LogP contribution in [-0.2, 0) is 0 Å². The number of para-hydroxylation sites is 1. The molecule has 1 aromatic heterocycles. The number of benzene rings is 2. The summed E-state index contributed by atoms with van der Waals surface area (Å²) in [4.78, 5) is 27.4. The van der Waals surface area contributed by atoms with E-state index in [4.69, 9.17) is 9.84 Å². The first-order chi connectivity index (χ1) is 10.6. The van der Waals surface area contributed by atoms with E-state index in [1.54, 1.807) is 54.6 Å². The van der Waals surface area contributed by atoms with Crippen LogP contribution >= 0.6 is 0 Å². The third kappa shape index (κ3) is 2.64. The second-order valence-electron chi connectivity index (χ2n) is 4.58. The van der Waals surface area contributed by atoms with Gasteiger partial charge < -0.3 is 9.84 Å². The second-order valence-corrected chi connectivity index (χ2v) is 4.58. The fourth-order valence-corrected chi connectivity index (χ4v) is 2.11. The van der Waals surface area contributed by atoms with Crippen molar-refractivity contribution in [3.05, 3.63) is 72.1 Å². The lowest BCUT2D eigenvalue weighted by molar-refractivity contribution is 0.0690. The van der Waals surface area contributed by atoms with Crippen LogP contribution in [0.25, 0.3) is 10.8 Å². The maximum absolute atomic E-state index is 12.3. The summed E-state index contributed by atoms with van der Waals surface area (Å²) in [5.74, 6) is -1.51. The highest BCUT2D eigenvalue weighted by atomic mass is 16.5. The summed E-state index contributed by atoms with van der Waals surface area (Å²) in [5, 5.41) is 10.3. The van der Waals surface area contributed by atoms with E-state index >= 15 is 0 Å². The lowest BCUT2D eigenvalue weighted by atomic mass is 10.1. The van der Waals surface area contributed by atoms with Crippen LogP contribution in [0.15, 0.2) is 60.7 Å². The standard InChI is InChI=1S/C17H11NO4/c19-16(20)14-10-11-6-4-5-9-13(11)15(18-14)17(21)22-12-7-2-1-3-8-12/h1-10H,(H,19,20). The van der Waals surface area contributed by atoms with Crippen LogP contribution in [0, 0.1) is 0 Å². The third-order valence-electron chi connectivity index (χ3n) is 3.11. The molecule has 5 nitrogen and oxygen atoms in total. The summed E-state index contributed by atoms with van der Waals surface area (Å²) in [7, 11) is 0. The second kappa shape index (κ2) is 5.65. The Morgan fingerprint density at radius 2 is 1.64 bits per heavy atom. The number of esters is 1. The highest BCUT2D eigenvalue weighted by molar-refractivity contribution is 6.05. The van der Waals surface area contributed by atoms with Gasteiger partial charge in [-0.1, -0.05) is 42.5 Å². The van der Waals surface area contributed by atoms with Crippen molar-refractivity contribution in [1.29, 1.82) is 0 Å². The molecule has 2 aromatic carbocycles. The number of ether oxygens (including phenoxy) is 1. The van der Waals surface area contributed by atoms with Crippen molar-refractivity contribution in [2.45, 2.75) is 0 Å². The van der Waals surface area contributed by atoms with Gasteiger partial charge in [0.15, 0.2) is 5.69 Å². The Labute approximate surface area is 125 Å². The van der Waals surface area contributed by atoms with Crippen LogP contribution in [0.1, 0.15) is 21.0 Å². The summed E-state index contributed by atoms with van der Waals surface area (Å²) >= 11 is 0. The topological polar surface area (TPSA) is 76.5 Å². The van der Waals surface area contributed by atoms with Gasteiger partial charge in [-0.15, -0.1) is 0 Å². The molecule has 22 heavy (non-hydrogen) atoms. The molecule has 3 aromatic rings. The minimum atomic E-state index is -1.19. The molecule has 0 amide bonds. The molecule has 1 heterocycles. The Morgan fingerprint density at radius 3 is 2.36 bits per heavy atom. The van der Waals surface area contributed by atoms with Crippen molar-refractivity contribution in [2.75, 3.05) is 0 Å². The first-order valence-electron chi connectivity index (χ1n) is 6.55. The first-order valence-corrected chi connectivity index (χ1v) is 6.55. The number of aromatic nitrogens is 1. The number of pyridine rings is 1. The number of carbonyl (C=O) groups is 2. The highest BCUT2D eigenvalue weighted by Crippen LogP contribution is 2.20. The van der Waals surface area contributed by atoms with Crippen molar-refractivity contribution in [3.8, 4) is 5.75 Å². The van der Waals surface area contributed by atoms with Gasteiger partial charge in [-0.05, 0) is 23.6 Å². The molecular formula is C17H11NO4. The van der Waals surface area contributed by atoms with Gasteiger partial charge in [-0.25, -0.2) is 14.6 Å². The predicted molar refractivity (Wildman–Crippen MR) is 80.1 cm³/mol. The van der Waals surface area contributed by atoms with E-state index in [0.29, 0.717) is 16.5 Å². The monoisotopic (exact) mass is 293 g/mol. The molecule has 0 aliphatic carbocycles. The van der Waals surface area contributed by atoms with Crippen molar-refractivity contribution >= 4 is 22.7 Å². The Morgan fingerprint density at radius 1 is 0.955 bits per heavy atom. The number of carbonyl (C=O) groups excluding carboxylic acids is 1. The van der Waals surface area contributed by atoms with Gasteiger partial charge in [0.1, 0.15) is 11.4 Å². The van der Waals surface area contributed by atoms with Gasteiger partial charge in [0.2, 0.25) is 0 Å². The molecule has 0 aliphatic rings. The van der Waals surface area contributed by atoms with E-state index in [1.165, 1.54) is 6.07 Å². The van der Waals surface area contributed by atoms with E-state index in [0.717, 1.165) is 0 Å². The van der Waals surface area contributed by atoms with E-state index in [9.17, 15) is 9.59 Å². The smallest absolute Gasteiger partial charge is 0.362 e. The van der Waals surface area contributed by atoms with Crippen LogP contribution in [0.4, 0.5) is 0 Å². The molecular weight excluding hydrogens is 282 g/mol. The molecule has 0 fully saturated rings. The summed E-state index contributed by atoms with van der Waals surface area (Å²) in [6.45, 7) is 0. The fourth-order valence-electron chi connectivity index (χ4n) is 2.11. The minimum absolute atomic E-state index is 0.0145. The van der Waals surface area contributed by atoms with Crippen molar-refractivity contribution in [2.24, 2.45) is 0 Å². The first kappa shape index (κ1) is 13.8. The van der Waals surface area contributed by atoms with Crippen LogP contribution in [0.2, 0.25) is 0 Å². The zero-order valence-corrected chi connectivity index (χ0v) is 11.4. The molecule has 108 valence electrons. The quantitative estimate of drug-likeness (QED) is 0.593. The number of carboxylic acids is 1. The molecule has 0 bridgehead atoms. The minimum Gasteiger partial charge on any atom is -0.477 e. The van der Waals surface area contributed by atoms with E-state index in [-0.39, 0.29) is 11.4 Å². The summed E-state index contributed by atoms with van der Waals surface area (Å²) in [5.41, 5.74) is -0.210. The van der Waals surface area contributed by atoms with Gasteiger partial charge in [-0.3, -0.25) is 0 Å². The van der Waals surface area contributed by atoms with Crippen LogP contribution in [0.3, 0.4) is 0 Å². The SMILES string of the molecule is O=C(O)c1cc2ccccc2c(C(=O)Oc2ccccc2)n1. The molecule has 0 atom stereocenters. The van der Waals surface area contributed by atoms with Crippen LogP contribution in [-0.4, -0.2) is 22.0 Å². The maximum atomic E-state index is 12.3. The van der Waals surface area contributed by atoms with E-state index < -0.39 is 11.9 Å². The molecule has 0 saturated carbocycles. The Kier molecular flexibility index (Phi) is 3.53. The van der Waals surface area contributed by atoms with E-state index in [1.807, 2.05) is 0 Å². The average Bonchev–Trinajstić information content (AvgIpc) is 2.54. The number of rotatable bonds is 3. The molecule has 5 heteroatoms. The average molecular weight is 293 g/mol. The van der Waals surface area contributed by atoms with Crippen molar-refractivity contribution in [3.63, 3.8) is 0 Å². The predicted octanol–water partition coefficient (Wildman–Crippen LogP) is 3.15. The molecule has 0 radical (unpaired) electrons. The summed E-state index contributed by atoms with van der Waals surface area (Å²) in [6.07, 6.45) is 0. The number of carboxylic acid groups (broad SMARTS) is 1. The molecule has 0 aliphatic heterocycles. The zero-order chi connectivity index (χ0) is 15.5. The Hall–Kier alpha value is -3.21. The largest absolute Gasteiger partial charge is 0.477 e. The Balaban J connectivity index is 2.08. The van der Waals surface area contributed by atoms with E-state index in [2.05, 4.69) is 4.98 Å². The fraction of sp³-hybridized carbons (Fsp3) is 0. The van der Waals surface area contributed by atoms with Gasteiger partial charge in [0.25, 0.3) is 0 Å². The molecule has 1 N–H and O–H groups in total. The normalized spacial score (nSPS) is 10.4. The molecule has 0 saturated heterocycles. The molecule has 3 rings (SSSR count). The summed E-state index contributed by atoms with van der Waals surface area (Å²) < 4.78 is 5.25. The number of aromatic carboxylic acids is 1. The van der Waals surface area contributed by atoms with Crippen molar-refractivity contribution in [1.82, 2.24) is 4.98 Å². The zero-order valence-electron chi connectivity index (χ0n) is 11.4. The maximum Gasteiger partial charge on any atom is 0.362 e. The van der Waals surface area contributed by atoms with Gasteiger partial charge in [0.05, 0.1) is 0 Å². The Bertz CT molecular complexity index is 859. The lowest BCUT2D eigenvalue weighted by Crippen LogP contribution is -2.14. The third-order valence-corrected chi connectivity index (χ3v) is 3.11. The van der Waals surface area contributed by atoms with Gasteiger partial charge in [0, 0.05) is 5.39 Å². The molecule has 0 unspecified atom stereocenters. The summed E-state index contributed by atoms with van der Waals surface area (Å²) in [6, 6.07) is 16.9. The number of nitrogens with zero attached hydrogens (tertiary/aromatic N) is 1. The van der Waals surface area contributed by atoms with Gasteiger partial charge >= 0.3 is 11.9 Å². The van der Waals surface area contributed by atoms with Crippen molar-refractivity contribution < 1.29 is 19.4 Å². The number of hydrogen-bond acceptors (Lipinski definition) is 4. The molecule has 0 spiro atoms. The number of hydrogen-bond donors (Lipinski definition) is 1. The van der Waals surface area contributed by atoms with Crippen LogP contribution in [0.5, 0.6) is 5.75 Å². The number of fused-ring (bicyclic) bond motifs is 1.